The molecule has 1 aromatic rings. The predicted octanol–water partition coefficient (Wildman–Crippen LogP) is 1.75. The van der Waals surface area contributed by atoms with Gasteiger partial charge in [-0.25, -0.2) is 0 Å². The Morgan fingerprint density at radius 2 is 2.04 bits per heavy atom. The predicted molar refractivity (Wildman–Crippen MR) is 100 cm³/mol. The Morgan fingerprint density at radius 1 is 1.22 bits per heavy atom. The maximum atomic E-state index is 12.7. The minimum absolute atomic E-state index is 0.0205. The molecule has 27 heavy (non-hydrogen) atoms. The highest BCUT2D eigenvalue weighted by Gasteiger charge is 2.41. The average molecular weight is 376 g/mol. The zero-order valence-electron chi connectivity index (χ0n) is 16.1. The molecule has 4 atom stereocenters. The molecule has 0 spiro atoms. The standard InChI is InChI=1S/C20H28N2O5/c1-25-11-12-8-19(23)22-17-9-13(4-6-15(12)17)21-20(24)16-7-5-14(26-2)10-18(16)27-3/h5,7,10,12-13,15,17H,4,6,8-9,11H2,1-3H3,(H,21,24)(H,22,23). The third kappa shape index (κ3) is 4.35. The Kier molecular flexibility index (Phi) is 6.21. The first-order valence-corrected chi connectivity index (χ1v) is 9.37. The van der Waals surface area contributed by atoms with Crippen molar-refractivity contribution in [3.8, 4) is 11.5 Å². The second kappa shape index (κ2) is 8.61. The van der Waals surface area contributed by atoms with Crippen LogP contribution in [0.25, 0.3) is 0 Å². The van der Waals surface area contributed by atoms with Gasteiger partial charge in [0.25, 0.3) is 5.91 Å². The van der Waals surface area contributed by atoms with Crippen molar-refractivity contribution in [2.75, 3.05) is 27.9 Å². The lowest BCUT2D eigenvalue weighted by Crippen LogP contribution is -2.56. The number of ether oxygens (including phenoxy) is 3. The number of fused-ring (bicyclic) bond motifs is 1. The van der Waals surface area contributed by atoms with Crippen molar-refractivity contribution in [2.45, 2.75) is 37.8 Å². The lowest BCUT2D eigenvalue weighted by Gasteiger charge is -2.43. The van der Waals surface area contributed by atoms with Gasteiger partial charge in [0.2, 0.25) is 5.91 Å². The summed E-state index contributed by atoms with van der Waals surface area (Å²) in [7, 11) is 4.78. The lowest BCUT2D eigenvalue weighted by molar-refractivity contribution is -0.128. The molecule has 2 aliphatic rings. The van der Waals surface area contributed by atoms with Gasteiger partial charge in [-0.3, -0.25) is 9.59 Å². The van der Waals surface area contributed by atoms with Crippen molar-refractivity contribution in [1.29, 1.82) is 0 Å². The molecule has 4 unspecified atom stereocenters. The summed E-state index contributed by atoms with van der Waals surface area (Å²) in [5, 5.41) is 6.20. The number of piperidine rings is 1. The Bertz CT molecular complexity index is 693. The third-order valence-corrected chi connectivity index (χ3v) is 5.67. The molecule has 7 heteroatoms. The highest BCUT2D eigenvalue weighted by molar-refractivity contribution is 5.97. The number of benzene rings is 1. The van der Waals surface area contributed by atoms with E-state index in [9.17, 15) is 9.59 Å². The van der Waals surface area contributed by atoms with Crippen LogP contribution in [0.2, 0.25) is 0 Å². The zero-order chi connectivity index (χ0) is 19.4. The molecule has 0 aromatic heterocycles. The third-order valence-electron chi connectivity index (χ3n) is 5.67. The Hall–Kier alpha value is -2.28. The molecule has 0 radical (unpaired) electrons. The first kappa shape index (κ1) is 19.5. The SMILES string of the molecule is COCC1CC(=O)NC2CC(NC(=O)c3ccc(OC)cc3OC)CCC12. The fourth-order valence-corrected chi connectivity index (χ4v) is 4.36. The number of rotatable bonds is 6. The normalized spacial score (nSPS) is 27.3. The van der Waals surface area contributed by atoms with Crippen LogP contribution in [-0.4, -0.2) is 51.8 Å². The van der Waals surface area contributed by atoms with Crippen LogP contribution in [0, 0.1) is 11.8 Å². The zero-order valence-corrected chi connectivity index (χ0v) is 16.1. The number of amides is 2. The number of hydrogen-bond acceptors (Lipinski definition) is 5. The molecule has 0 bridgehead atoms. The molecule has 148 valence electrons. The smallest absolute Gasteiger partial charge is 0.255 e. The Labute approximate surface area is 159 Å². The van der Waals surface area contributed by atoms with Crippen molar-refractivity contribution in [1.82, 2.24) is 10.6 Å². The van der Waals surface area contributed by atoms with E-state index in [1.165, 1.54) is 7.11 Å². The molecule has 1 aliphatic carbocycles. The van der Waals surface area contributed by atoms with E-state index in [4.69, 9.17) is 14.2 Å². The van der Waals surface area contributed by atoms with Crippen molar-refractivity contribution in [3.05, 3.63) is 23.8 Å². The number of carbonyl (C=O) groups is 2. The van der Waals surface area contributed by atoms with Crippen LogP contribution < -0.4 is 20.1 Å². The van der Waals surface area contributed by atoms with Gasteiger partial charge in [0.1, 0.15) is 11.5 Å². The minimum Gasteiger partial charge on any atom is -0.497 e. The molecule has 1 heterocycles. The quantitative estimate of drug-likeness (QED) is 0.790. The van der Waals surface area contributed by atoms with Crippen LogP contribution in [0.3, 0.4) is 0 Å². The highest BCUT2D eigenvalue weighted by Crippen LogP contribution is 2.36. The summed E-state index contributed by atoms with van der Waals surface area (Å²) in [5.74, 6) is 1.68. The van der Waals surface area contributed by atoms with Crippen molar-refractivity contribution < 1.29 is 23.8 Å². The first-order valence-electron chi connectivity index (χ1n) is 9.37. The van der Waals surface area contributed by atoms with E-state index >= 15 is 0 Å². The Morgan fingerprint density at radius 3 is 2.74 bits per heavy atom. The maximum absolute atomic E-state index is 12.7. The van der Waals surface area contributed by atoms with Crippen molar-refractivity contribution >= 4 is 11.8 Å². The monoisotopic (exact) mass is 376 g/mol. The summed E-state index contributed by atoms with van der Waals surface area (Å²) < 4.78 is 15.8. The maximum Gasteiger partial charge on any atom is 0.255 e. The van der Waals surface area contributed by atoms with Gasteiger partial charge in [0.15, 0.2) is 0 Å². The van der Waals surface area contributed by atoms with Crippen LogP contribution in [0.4, 0.5) is 0 Å². The number of carbonyl (C=O) groups excluding carboxylic acids is 2. The molecule has 7 nitrogen and oxygen atoms in total. The van der Waals surface area contributed by atoms with Crippen LogP contribution >= 0.6 is 0 Å². The lowest BCUT2D eigenvalue weighted by atomic mass is 9.71. The van der Waals surface area contributed by atoms with Gasteiger partial charge < -0.3 is 24.8 Å². The minimum atomic E-state index is -0.173. The van der Waals surface area contributed by atoms with E-state index in [0.717, 1.165) is 19.3 Å². The second-order valence-corrected chi connectivity index (χ2v) is 7.31. The molecule has 1 aliphatic heterocycles. The summed E-state index contributed by atoms with van der Waals surface area (Å²) in [4.78, 5) is 24.8. The summed E-state index contributed by atoms with van der Waals surface area (Å²) in [6.45, 7) is 0.606. The van der Waals surface area contributed by atoms with Gasteiger partial charge in [0.05, 0.1) is 19.8 Å². The topological polar surface area (TPSA) is 85.9 Å². The van der Waals surface area contributed by atoms with Crippen molar-refractivity contribution in [2.24, 2.45) is 11.8 Å². The molecule has 3 rings (SSSR count). The van der Waals surface area contributed by atoms with Crippen molar-refractivity contribution in [3.63, 3.8) is 0 Å². The molecule has 1 saturated carbocycles. The first-order chi connectivity index (χ1) is 13.0. The Balaban J connectivity index is 1.65. The van der Waals surface area contributed by atoms with Crippen LogP contribution in [0.15, 0.2) is 18.2 Å². The van der Waals surface area contributed by atoms with Gasteiger partial charge >= 0.3 is 0 Å². The molecule has 1 aromatic carbocycles. The number of hydrogen-bond donors (Lipinski definition) is 2. The van der Waals surface area contributed by atoms with Crippen LogP contribution in [-0.2, 0) is 9.53 Å². The highest BCUT2D eigenvalue weighted by atomic mass is 16.5. The van der Waals surface area contributed by atoms with E-state index in [2.05, 4.69) is 10.6 Å². The van der Waals surface area contributed by atoms with Crippen LogP contribution in [0.1, 0.15) is 36.0 Å². The van der Waals surface area contributed by atoms with Gasteiger partial charge in [-0.15, -0.1) is 0 Å². The average Bonchev–Trinajstić information content (AvgIpc) is 2.67. The van der Waals surface area contributed by atoms with Gasteiger partial charge in [-0.05, 0) is 43.2 Å². The van der Waals surface area contributed by atoms with E-state index in [-0.39, 0.29) is 29.8 Å². The molecule has 2 fully saturated rings. The van der Waals surface area contributed by atoms with E-state index < -0.39 is 0 Å². The van der Waals surface area contributed by atoms with Crippen LogP contribution in [0.5, 0.6) is 11.5 Å². The fourth-order valence-electron chi connectivity index (χ4n) is 4.36. The van der Waals surface area contributed by atoms with Gasteiger partial charge in [-0.1, -0.05) is 0 Å². The molecule has 2 N–H and O–H groups in total. The molecule has 1 saturated heterocycles. The van der Waals surface area contributed by atoms with E-state index in [1.54, 1.807) is 32.4 Å². The molecule has 2 amide bonds. The van der Waals surface area contributed by atoms with E-state index in [1.807, 2.05) is 0 Å². The second-order valence-electron chi connectivity index (χ2n) is 7.31. The summed E-state index contributed by atoms with van der Waals surface area (Å²) in [6.07, 6.45) is 3.11. The number of nitrogens with one attached hydrogen (secondary N) is 2. The van der Waals surface area contributed by atoms with E-state index in [0.29, 0.717) is 36.0 Å². The molecular formula is C20H28N2O5. The largest absolute Gasteiger partial charge is 0.497 e. The number of methoxy groups -OCH3 is 3. The molecular weight excluding hydrogens is 348 g/mol. The summed E-state index contributed by atoms with van der Waals surface area (Å²) >= 11 is 0. The fraction of sp³-hybridized carbons (Fsp3) is 0.600. The van der Waals surface area contributed by atoms with Gasteiger partial charge in [0, 0.05) is 38.3 Å². The summed E-state index contributed by atoms with van der Waals surface area (Å²) in [6, 6.07) is 5.25. The summed E-state index contributed by atoms with van der Waals surface area (Å²) in [5.41, 5.74) is 0.477. The van der Waals surface area contributed by atoms with Gasteiger partial charge in [-0.2, -0.15) is 0 Å².